The molecule has 1 aliphatic rings. The lowest BCUT2D eigenvalue weighted by Crippen LogP contribution is -2.46. The first-order valence-corrected chi connectivity index (χ1v) is 9.71. The standard InChI is InChI=1S/C12H16F2.C10H11N5O/c1-11(2,3)9-5-7-10(8-6-9)12(4,13)14;11-7-9-1-2-10(13-12-9)15-5-3-14(8-16)4-6-15/h5-8H,1-4H3;1-2,8H,3-6H2. The van der Waals surface area contributed by atoms with E-state index in [1.54, 1.807) is 29.2 Å². The SMILES string of the molecule is CC(C)(C)c1ccc(C(C)(F)F)cc1.N#Cc1ccc(N2CCN(C=O)CC2)nn1. The van der Waals surface area contributed by atoms with Gasteiger partial charge in [0.25, 0.3) is 5.92 Å². The Hall–Kier alpha value is -3.08. The predicted octanol–water partition coefficient (Wildman–Crippen LogP) is 3.72. The third kappa shape index (κ3) is 6.48. The molecule has 1 fully saturated rings. The predicted molar refractivity (Wildman–Crippen MR) is 111 cm³/mol. The number of carbonyl (C=O) groups excluding carboxylic acids is 1. The summed E-state index contributed by atoms with van der Waals surface area (Å²) >= 11 is 0. The first-order valence-electron chi connectivity index (χ1n) is 9.71. The molecule has 2 heterocycles. The van der Waals surface area contributed by atoms with Crippen molar-refractivity contribution in [2.75, 3.05) is 31.1 Å². The highest BCUT2D eigenvalue weighted by Gasteiger charge is 2.24. The van der Waals surface area contributed by atoms with Crippen LogP contribution in [0.25, 0.3) is 0 Å². The molecule has 30 heavy (non-hydrogen) atoms. The lowest BCUT2D eigenvalue weighted by Gasteiger charge is -2.32. The second kappa shape index (κ2) is 9.61. The first-order chi connectivity index (χ1) is 14.0. The van der Waals surface area contributed by atoms with Gasteiger partial charge in [-0.3, -0.25) is 4.79 Å². The van der Waals surface area contributed by atoms with Crippen LogP contribution in [0.15, 0.2) is 36.4 Å². The van der Waals surface area contributed by atoms with Gasteiger partial charge in [-0.25, -0.2) is 8.78 Å². The lowest BCUT2D eigenvalue weighted by atomic mass is 9.86. The largest absolute Gasteiger partial charge is 0.352 e. The van der Waals surface area contributed by atoms with E-state index >= 15 is 0 Å². The number of rotatable bonds is 3. The summed E-state index contributed by atoms with van der Waals surface area (Å²) in [5.74, 6) is -1.99. The Labute approximate surface area is 176 Å². The number of amides is 1. The summed E-state index contributed by atoms with van der Waals surface area (Å²) in [6.45, 7) is 10.00. The Bertz CT molecular complexity index is 824. The number of carbonyl (C=O) groups is 1. The van der Waals surface area contributed by atoms with E-state index in [9.17, 15) is 13.6 Å². The van der Waals surface area contributed by atoms with Gasteiger partial charge in [0.05, 0.1) is 0 Å². The second-order valence-corrected chi connectivity index (χ2v) is 8.23. The summed E-state index contributed by atoms with van der Waals surface area (Å²) in [7, 11) is 0. The molecule has 1 aliphatic heterocycles. The van der Waals surface area contributed by atoms with Crippen LogP contribution in [0.1, 0.15) is 44.5 Å². The van der Waals surface area contributed by atoms with E-state index in [0.717, 1.165) is 37.8 Å². The molecule has 0 unspecified atom stereocenters. The number of hydrogen-bond acceptors (Lipinski definition) is 5. The van der Waals surface area contributed by atoms with Crippen LogP contribution in [-0.2, 0) is 16.1 Å². The van der Waals surface area contributed by atoms with E-state index in [1.807, 2.05) is 11.0 Å². The molecule has 8 heteroatoms. The zero-order valence-corrected chi connectivity index (χ0v) is 17.8. The Kier molecular flexibility index (Phi) is 7.43. The van der Waals surface area contributed by atoms with E-state index in [0.29, 0.717) is 18.8 Å². The number of halogens is 2. The number of alkyl halides is 2. The normalized spacial score (nSPS) is 14.4. The van der Waals surface area contributed by atoms with Gasteiger partial charge in [0, 0.05) is 38.7 Å². The van der Waals surface area contributed by atoms with Crippen molar-refractivity contribution in [2.45, 2.75) is 39.0 Å². The summed E-state index contributed by atoms with van der Waals surface area (Å²) in [5, 5.41) is 16.3. The Morgan fingerprint density at radius 1 is 0.933 bits per heavy atom. The van der Waals surface area contributed by atoms with Crippen molar-refractivity contribution in [3.05, 3.63) is 53.2 Å². The fourth-order valence-corrected chi connectivity index (χ4v) is 2.87. The number of nitrogens with zero attached hydrogens (tertiary/aromatic N) is 5. The van der Waals surface area contributed by atoms with Gasteiger partial charge in [0.2, 0.25) is 6.41 Å². The van der Waals surface area contributed by atoms with E-state index in [4.69, 9.17) is 5.26 Å². The van der Waals surface area contributed by atoms with Gasteiger partial charge >= 0.3 is 0 Å². The number of anilines is 1. The summed E-state index contributed by atoms with van der Waals surface area (Å²) in [6, 6.07) is 11.9. The van der Waals surface area contributed by atoms with Crippen LogP contribution in [0.3, 0.4) is 0 Å². The number of piperazine rings is 1. The monoisotopic (exact) mass is 415 g/mol. The molecule has 1 amide bonds. The highest BCUT2D eigenvalue weighted by molar-refractivity contribution is 5.49. The number of hydrogen-bond donors (Lipinski definition) is 0. The Balaban J connectivity index is 0.000000216. The smallest absolute Gasteiger partial charge is 0.270 e. The minimum Gasteiger partial charge on any atom is -0.352 e. The van der Waals surface area contributed by atoms with Gasteiger partial charge in [-0.05, 0) is 23.1 Å². The van der Waals surface area contributed by atoms with Crippen LogP contribution < -0.4 is 4.90 Å². The average Bonchev–Trinajstić information content (AvgIpc) is 2.73. The summed E-state index contributed by atoms with van der Waals surface area (Å²) in [4.78, 5) is 14.3. The van der Waals surface area contributed by atoms with Gasteiger partial charge in [-0.2, -0.15) is 5.26 Å². The zero-order valence-electron chi connectivity index (χ0n) is 17.8. The minimum atomic E-state index is -2.74. The van der Waals surface area contributed by atoms with Crippen LogP contribution in [0.5, 0.6) is 0 Å². The lowest BCUT2D eigenvalue weighted by molar-refractivity contribution is -0.118. The molecule has 6 nitrogen and oxygen atoms in total. The minimum absolute atomic E-state index is 0.0154. The van der Waals surface area contributed by atoms with E-state index < -0.39 is 5.92 Å². The molecule has 2 aromatic rings. The van der Waals surface area contributed by atoms with E-state index in [2.05, 4.69) is 31.0 Å². The number of nitriles is 1. The molecular formula is C22H27F2N5O. The van der Waals surface area contributed by atoms with Crippen molar-refractivity contribution < 1.29 is 13.6 Å². The van der Waals surface area contributed by atoms with Crippen LogP contribution in [0, 0.1) is 11.3 Å². The average molecular weight is 415 g/mol. The highest BCUT2D eigenvalue weighted by Crippen LogP contribution is 2.29. The maximum atomic E-state index is 12.9. The van der Waals surface area contributed by atoms with Gasteiger partial charge in [-0.1, -0.05) is 45.0 Å². The molecule has 0 saturated carbocycles. The van der Waals surface area contributed by atoms with Gasteiger partial charge in [-0.15, -0.1) is 10.2 Å². The number of aromatic nitrogens is 2. The molecule has 160 valence electrons. The van der Waals surface area contributed by atoms with Crippen LogP contribution in [0.2, 0.25) is 0 Å². The maximum absolute atomic E-state index is 12.9. The van der Waals surface area contributed by atoms with Gasteiger partial charge in [0.1, 0.15) is 6.07 Å². The molecule has 0 atom stereocenters. The summed E-state index contributed by atoms with van der Waals surface area (Å²) in [5.41, 5.74) is 1.48. The van der Waals surface area contributed by atoms with Crippen molar-refractivity contribution in [3.8, 4) is 6.07 Å². The first kappa shape index (κ1) is 23.2. The Morgan fingerprint density at radius 3 is 1.90 bits per heavy atom. The molecule has 0 radical (unpaired) electrons. The summed E-state index contributed by atoms with van der Waals surface area (Å²) < 4.78 is 25.8. The molecule has 0 bridgehead atoms. The third-order valence-corrected chi connectivity index (χ3v) is 4.81. The fraction of sp³-hybridized carbons (Fsp3) is 0.455. The van der Waals surface area contributed by atoms with Crippen molar-refractivity contribution in [1.29, 1.82) is 5.26 Å². The molecule has 0 spiro atoms. The molecule has 3 rings (SSSR count). The van der Waals surface area contributed by atoms with Gasteiger partial charge in [0.15, 0.2) is 11.5 Å². The maximum Gasteiger partial charge on any atom is 0.270 e. The van der Waals surface area contributed by atoms with Crippen molar-refractivity contribution in [3.63, 3.8) is 0 Å². The van der Waals surface area contributed by atoms with Crippen LogP contribution in [-0.4, -0.2) is 47.7 Å². The molecule has 0 N–H and O–H groups in total. The van der Waals surface area contributed by atoms with Crippen LogP contribution in [0.4, 0.5) is 14.6 Å². The zero-order chi connectivity index (χ0) is 22.4. The fourth-order valence-electron chi connectivity index (χ4n) is 2.87. The topological polar surface area (TPSA) is 73.1 Å². The van der Waals surface area contributed by atoms with Crippen LogP contribution >= 0.6 is 0 Å². The summed E-state index contributed by atoms with van der Waals surface area (Å²) in [6.07, 6.45) is 0.863. The van der Waals surface area contributed by atoms with E-state index in [-0.39, 0.29) is 11.0 Å². The Morgan fingerprint density at radius 2 is 1.50 bits per heavy atom. The van der Waals surface area contributed by atoms with Crippen molar-refractivity contribution >= 4 is 12.2 Å². The molecule has 0 aliphatic carbocycles. The second-order valence-electron chi connectivity index (χ2n) is 8.23. The highest BCUT2D eigenvalue weighted by atomic mass is 19.3. The third-order valence-electron chi connectivity index (χ3n) is 4.81. The van der Waals surface area contributed by atoms with E-state index in [1.165, 1.54) is 12.1 Å². The molecule has 1 aromatic heterocycles. The van der Waals surface area contributed by atoms with Crippen molar-refractivity contribution in [1.82, 2.24) is 15.1 Å². The molecular weight excluding hydrogens is 388 g/mol. The molecule has 1 saturated heterocycles. The van der Waals surface area contributed by atoms with Gasteiger partial charge < -0.3 is 9.80 Å². The molecule has 1 aromatic carbocycles. The number of benzene rings is 1. The van der Waals surface area contributed by atoms with Crippen molar-refractivity contribution in [2.24, 2.45) is 0 Å². The quantitative estimate of drug-likeness (QED) is 0.715.